The molecule has 0 aliphatic heterocycles. The molecule has 13 heteroatoms. The first-order chi connectivity index (χ1) is 15.2. The van der Waals surface area contributed by atoms with Crippen LogP contribution < -0.4 is 15.8 Å². The molecule has 4 rings (SSSR count). The number of amides is 1. The normalized spacial score (nSPS) is 26.8. The van der Waals surface area contributed by atoms with Crippen molar-refractivity contribution in [1.29, 1.82) is 0 Å². The van der Waals surface area contributed by atoms with Crippen LogP contribution in [0.15, 0.2) is 40.5 Å². The van der Waals surface area contributed by atoms with E-state index in [-0.39, 0.29) is 46.0 Å². The molecule has 1 heterocycles. The number of nitrogens with zero attached hydrogens (tertiary/aromatic N) is 3. The van der Waals surface area contributed by atoms with Crippen LogP contribution in [0.5, 0.6) is 0 Å². The minimum absolute atomic E-state index is 0.00639. The number of sulfonamides is 1. The van der Waals surface area contributed by atoms with Crippen LogP contribution in [0.25, 0.3) is 0 Å². The summed E-state index contributed by atoms with van der Waals surface area (Å²) in [6.07, 6.45) is 2.17. The molecular formula is C19H20ClFN6O4S. The molecule has 1 amide bonds. The first-order valence-corrected chi connectivity index (χ1v) is 11.7. The maximum absolute atomic E-state index is 14.2. The van der Waals surface area contributed by atoms with Gasteiger partial charge >= 0.3 is 0 Å². The van der Waals surface area contributed by atoms with Crippen molar-refractivity contribution in [2.24, 2.45) is 34.6 Å². The van der Waals surface area contributed by atoms with Crippen molar-refractivity contribution in [3.8, 4) is 0 Å². The van der Waals surface area contributed by atoms with Crippen LogP contribution in [-0.4, -0.2) is 36.9 Å². The molecule has 2 bridgehead atoms. The first-order valence-electron chi connectivity index (χ1n) is 9.86. The van der Waals surface area contributed by atoms with E-state index in [2.05, 4.69) is 25.2 Å². The molecule has 4 N–H and O–H groups in total. The van der Waals surface area contributed by atoms with E-state index in [0.717, 1.165) is 6.20 Å². The van der Waals surface area contributed by atoms with Gasteiger partial charge in [0.2, 0.25) is 21.2 Å². The summed E-state index contributed by atoms with van der Waals surface area (Å²) in [5, 5.41) is 5.56. The fourth-order valence-corrected chi connectivity index (χ4v) is 6.21. The molecule has 2 aromatic rings. The van der Waals surface area contributed by atoms with Gasteiger partial charge in [0.15, 0.2) is 11.6 Å². The number of aromatic nitrogens is 2. The predicted molar refractivity (Wildman–Crippen MR) is 114 cm³/mol. The second-order valence-electron chi connectivity index (χ2n) is 8.03. The lowest BCUT2D eigenvalue weighted by Gasteiger charge is -2.35. The topological polar surface area (TPSA) is 156 Å². The summed E-state index contributed by atoms with van der Waals surface area (Å²) in [7, 11) is -3.87. The number of halogens is 2. The minimum Gasteiger partial charge on any atom is -0.369 e. The Morgan fingerprint density at radius 2 is 2.12 bits per heavy atom. The number of rotatable bonds is 8. The van der Waals surface area contributed by atoms with Crippen LogP contribution in [0.1, 0.15) is 12.8 Å². The summed E-state index contributed by atoms with van der Waals surface area (Å²) in [6, 6.07) is 4.87. The molecule has 0 saturated heterocycles. The molecule has 2 saturated carbocycles. The average molecular weight is 483 g/mol. The van der Waals surface area contributed by atoms with Crippen molar-refractivity contribution < 1.29 is 17.6 Å². The fraction of sp³-hybridized carbons (Fsp3) is 0.421. The Morgan fingerprint density at radius 3 is 2.84 bits per heavy atom. The van der Waals surface area contributed by atoms with Crippen molar-refractivity contribution in [1.82, 2.24) is 14.7 Å². The maximum atomic E-state index is 14.2. The summed E-state index contributed by atoms with van der Waals surface area (Å²) in [6.45, 7) is 0.110. The van der Waals surface area contributed by atoms with Gasteiger partial charge in [0.25, 0.3) is 0 Å². The van der Waals surface area contributed by atoms with Crippen molar-refractivity contribution in [3.63, 3.8) is 0 Å². The lowest BCUT2D eigenvalue weighted by Crippen LogP contribution is -2.47. The van der Waals surface area contributed by atoms with Crippen LogP contribution >= 0.6 is 11.6 Å². The van der Waals surface area contributed by atoms with Crippen LogP contribution in [-0.2, 0) is 14.8 Å². The molecule has 2 aliphatic carbocycles. The van der Waals surface area contributed by atoms with E-state index in [0.29, 0.717) is 12.8 Å². The van der Waals surface area contributed by atoms with Gasteiger partial charge in [-0.1, -0.05) is 6.07 Å². The van der Waals surface area contributed by atoms with Gasteiger partial charge in [0, 0.05) is 12.6 Å². The minimum atomic E-state index is -3.87. The molecule has 32 heavy (non-hydrogen) atoms. The predicted octanol–water partition coefficient (Wildman–Crippen LogP) is 2.18. The van der Waals surface area contributed by atoms with E-state index >= 15 is 0 Å². The van der Waals surface area contributed by atoms with Gasteiger partial charge in [0.1, 0.15) is 5.69 Å². The third-order valence-electron chi connectivity index (χ3n) is 6.26. The number of nitroso groups, excluding NO2 is 1. The summed E-state index contributed by atoms with van der Waals surface area (Å²) >= 11 is 5.77. The fourth-order valence-electron chi connectivity index (χ4n) is 4.95. The van der Waals surface area contributed by atoms with Gasteiger partial charge in [-0.2, -0.15) is 4.98 Å². The second kappa shape index (κ2) is 8.68. The number of fused-ring (bicyclic) bond motifs is 2. The number of nitrogens with one attached hydrogen (secondary N) is 2. The number of carbonyl (C=O) groups is 1. The third kappa shape index (κ3) is 4.30. The second-order valence-corrected chi connectivity index (χ2v) is 10.1. The number of hydrogen-bond donors (Lipinski definition) is 3. The Kier molecular flexibility index (Phi) is 6.10. The summed E-state index contributed by atoms with van der Waals surface area (Å²) in [5.41, 5.74) is 5.62. The van der Waals surface area contributed by atoms with Gasteiger partial charge in [-0.25, -0.2) is 22.5 Å². The highest BCUT2D eigenvalue weighted by Crippen LogP contribution is 2.52. The van der Waals surface area contributed by atoms with Gasteiger partial charge in [0.05, 0.1) is 17.0 Å². The molecule has 5 atom stereocenters. The Bertz CT molecular complexity index is 1170. The smallest absolute Gasteiger partial charge is 0.240 e. The highest BCUT2D eigenvalue weighted by atomic mass is 35.5. The summed E-state index contributed by atoms with van der Waals surface area (Å²) in [4.78, 5) is 30.2. The molecule has 0 radical (unpaired) electrons. The lowest BCUT2D eigenvalue weighted by molar-refractivity contribution is -0.123. The molecule has 0 spiro atoms. The van der Waals surface area contributed by atoms with E-state index < -0.39 is 33.7 Å². The zero-order chi connectivity index (χ0) is 23.0. The van der Waals surface area contributed by atoms with Gasteiger partial charge in [-0.3, -0.25) is 4.79 Å². The number of nitrogens with two attached hydrogens (primary N) is 1. The standard InChI is InChI=1S/C19H20ClFN6O4S/c20-19-23-8-14(21)18(26-19)25-16-13-5-9(15(16)17(22)28)4-10(13)7-24-32(30,31)12-3-1-2-11(6-12)27-29/h1-3,6,8-10,13,15-16,24H,4-5,7H2,(H2,22,28)(H,23,25,26)/t9-,10-,13+,15-,16+/m0/s1. The van der Waals surface area contributed by atoms with Crippen LogP contribution in [0.2, 0.25) is 5.28 Å². The van der Waals surface area contributed by atoms with Gasteiger partial charge in [-0.15, -0.1) is 4.91 Å². The number of anilines is 1. The van der Waals surface area contributed by atoms with E-state index in [4.69, 9.17) is 17.3 Å². The Labute approximate surface area is 188 Å². The van der Waals surface area contributed by atoms with Crippen molar-refractivity contribution in [2.45, 2.75) is 23.8 Å². The van der Waals surface area contributed by atoms with Gasteiger partial charge in [-0.05, 0) is 65.6 Å². The SMILES string of the molecule is NC(=O)[C@H]1[C@H]2C[C@@H](CNS(=O)(=O)c3cccc(N=O)c3)[C@@H](C2)[C@H]1Nc1nc(Cl)ncc1F. The molecule has 1 aromatic heterocycles. The average Bonchev–Trinajstić information content (AvgIpc) is 3.33. The number of benzene rings is 1. The maximum Gasteiger partial charge on any atom is 0.240 e. The number of hydrogen-bond acceptors (Lipinski definition) is 8. The summed E-state index contributed by atoms with van der Waals surface area (Å²) in [5.74, 6) is -2.23. The molecule has 0 unspecified atom stereocenters. The molecule has 1 aromatic carbocycles. The molecule has 170 valence electrons. The number of primary amides is 1. The monoisotopic (exact) mass is 482 g/mol. The van der Waals surface area contributed by atoms with Crippen molar-refractivity contribution in [2.75, 3.05) is 11.9 Å². The van der Waals surface area contributed by atoms with E-state index in [1.807, 2.05) is 0 Å². The quantitative estimate of drug-likeness (QED) is 0.384. The van der Waals surface area contributed by atoms with Crippen LogP contribution in [0.3, 0.4) is 0 Å². The Morgan fingerprint density at radius 1 is 1.34 bits per heavy atom. The third-order valence-corrected chi connectivity index (χ3v) is 7.86. The van der Waals surface area contributed by atoms with Crippen LogP contribution in [0, 0.1) is 34.4 Å². The van der Waals surface area contributed by atoms with Crippen LogP contribution in [0.4, 0.5) is 15.9 Å². The zero-order valence-electron chi connectivity index (χ0n) is 16.6. The molecular weight excluding hydrogens is 463 g/mol. The Hall–Kier alpha value is -2.70. The molecule has 10 nitrogen and oxygen atoms in total. The Balaban J connectivity index is 1.51. The largest absolute Gasteiger partial charge is 0.369 e. The summed E-state index contributed by atoms with van der Waals surface area (Å²) < 4.78 is 42.1. The van der Waals surface area contributed by atoms with Crippen molar-refractivity contribution in [3.05, 3.63) is 46.5 Å². The molecule has 2 aliphatic rings. The van der Waals surface area contributed by atoms with E-state index in [1.165, 1.54) is 24.3 Å². The van der Waals surface area contributed by atoms with E-state index in [1.54, 1.807) is 0 Å². The van der Waals surface area contributed by atoms with E-state index in [9.17, 15) is 22.5 Å². The highest BCUT2D eigenvalue weighted by Gasteiger charge is 2.55. The lowest BCUT2D eigenvalue weighted by atomic mass is 9.78. The molecule has 2 fully saturated rings. The number of carbonyl (C=O) groups excluding carboxylic acids is 1. The van der Waals surface area contributed by atoms with Gasteiger partial charge < -0.3 is 11.1 Å². The highest BCUT2D eigenvalue weighted by molar-refractivity contribution is 7.89. The first kappa shape index (κ1) is 22.5. The van der Waals surface area contributed by atoms with Crippen molar-refractivity contribution >= 4 is 39.0 Å². The zero-order valence-corrected chi connectivity index (χ0v) is 18.2.